The van der Waals surface area contributed by atoms with Crippen LogP contribution in [0.4, 0.5) is 10.8 Å². The van der Waals surface area contributed by atoms with Crippen LogP contribution in [0.25, 0.3) is 27.6 Å². The van der Waals surface area contributed by atoms with Gasteiger partial charge in [-0.3, -0.25) is 9.89 Å². The molecular formula is C22H16N6O2S2. The lowest BCUT2D eigenvalue weighted by atomic mass is 10.1. The molecule has 8 nitrogen and oxygen atoms in total. The molecule has 0 unspecified atom stereocenters. The van der Waals surface area contributed by atoms with Gasteiger partial charge in [0.2, 0.25) is 10.3 Å². The molecule has 0 aliphatic heterocycles. The molecule has 5 rings (SSSR count). The summed E-state index contributed by atoms with van der Waals surface area (Å²) in [5.41, 5.74) is 2.95. The second kappa shape index (κ2) is 8.69. The molecule has 1 N–H and O–H groups in total. The number of nitrogens with one attached hydrogen (secondary N) is 1. The lowest BCUT2D eigenvalue weighted by Crippen LogP contribution is -2.13. The van der Waals surface area contributed by atoms with E-state index in [0.717, 1.165) is 22.6 Å². The minimum atomic E-state index is -0.334. The Kier molecular flexibility index (Phi) is 5.44. The van der Waals surface area contributed by atoms with Crippen LogP contribution in [0.2, 0.25) is 0 Å². The number of aromatic amines is 1. The SMILES string of the molecule is COc1ccc(-c2csc(-n3[nH]c(-c4ccccc4)c(N=Nc4nccs4)c3=O)n2)cc1. The fraction of sp³-hybridized carbons (Fsp3) is 0.0455. The highest BCUT2D eigenvalue weighted by Crippen LogP contribution is 2.30. The van der Waals surface area contributed by atoms with Gasteiger partial charge in [-0.25, -0.2) is 9.97 Å². The monoisotopic (exact) mass is 460 g/mol. The number of aromatic nitrogens is 4. The molecule has 0 fully saturated rings. The summed E-state index contributed by atoms with van der Waals surface area (Å²) in [6, 6.07) is 17.1. The third-order valence-corrected chi connectivity index (χ3v) is 6.13. The van der Waals surface area contributed by atoms with Gasteiger partial charge in [-0.05, 0) is 24.3 Å². The van der Waals surface area contributed by atoms with Gasteiger partial charge in [-0.2, -0.15) is 4.68 Å². The Balaban J connectivity index is 1.57. The summed E-state index contributed by atoms with van der Waals surface area (Å²) in [6.07, 6.45) is 1.64. The predicted octanol–water partition coefficient (Wildman–Crippen LogP) is 5.84. The van der Waals surface area contributed by atoms with E-state index in [1.54, 1.807) is 18.7 Å². The van der Waals surface area contributed by atoms with E-state index in [4.69, 9.17) is 4.74 Å². The van der Waals surface area contributed by atoms with Gasteiger partial charge < -0.3 is 4.74 Å². The molecule has 0 radical (unpaired) electrons. The van der Waals surface area contributed by atoms with Crippen molar-refractivity contribution in [2.45, 2.75) is 0 Å². The van der Waals surface area contributed by atoms with Crippen molar-refractivity contribution >= 4 is 33.5 Å². The highest BCUT2D eigenvalue weighted by atomic mass is 32.1. The quantitative estimate of drug-likeness (QED) is 0.322. The Labute approximate surface area is 190 Å². The molecule has 3 heterocycles. The number of benzene rings is 2. The number of ether oxygens (including phenoxy) is 1. The first-order chi connectivity index (χ1) is 15.7. The second-order valence-electron chi connectivity index (χ2n) is 6.60. The number of hydrogen-bond donors (Lipinski definition) is 1. The second-order valence-corrected chi connectivity index (χ2v) is 8.31. The fourth-order valence-corrected chi connectivity index (χ4v) is 4.33. The van der Waals surface area contributed by atoms with E-state index in [0.29, 0.717) is 16.0 Å². The maximum Gasteiger partial charge on any atom is 0.301 e. The Bertz CT molecular complexity index is 1420. The molecule has 0 saturated heterocycles. The first-order valence-electron chi connectivity index (χ1n) is 9.55. The molecule has 0 aliphatic carbocycles. The molecule has 5 aromatic rings. The molecular weight excluding hydrogens is 444 g/mol. The van der Waals surface area contributed by atoms with E-state index < -0.39 is 0 Å². The molecule has 10 heteroatoms. The molecule has 0 atom stereocenters. The van der Waals surface area contributed by atoms with E-state index in [-0.39, 0.29) is 11.2 Å². The highest BCUT2D eigenvalue weighted by molar-refractivity contribution is 7.13. The maximum atomic E-state index is 13.3. The van der Waals surface area contributed by atoms with Crippen LogP contribution in [0, 0.1) is 0 Å². The number of rotatable bonds is 6. The number of H-pyrrole nitrogens is 1. The Morgan fingerprint density at radius 2 is 1.81 bits per heavy atom. The van der Waals surface area contributed by atoms with Crippen LogP contribution >= 0.6 is 22.7 Å². The van der Waals surface area contributed by atoms with E-state index in [2.05, 4.69) is 25.3 Å². The average Bonchev–Trinajstić information content (AvgIpc) is 3.59. The Morgan fingerprint density at radius 1 is 1.00 bits per heavy atom. The van der Waals surface area contributed by atoms with Crippen LogP contribution in [0.5, 0.6) is 5.75 Å². The number of azo groups is 1. The largest absolute Gasteiger partial charge is 0.497 e. The smallest absolute Gasteiger partial charge is 0.301 e. The molecule has 0 amide bonds. The summed E-state index contributed by atoms with van der Waals surface area (Å²) >= 11 is 2.71. The van der Waals surface area contributed by atoms with Crippen molar-refractivity contribution in [3.8, 4) is 33.4 Å². The third kappa shape index (κ3) is 3.88. The topological polar surface area (TPSA) is 97.5 Å². The maximum absolute atomic E-state index is 13.3. The van der Waals surface area contributed by atoms with Crippen LogP contribution in [0.1, 0.15) is 0 Å². The summed E-state index contributed by atoms with van der Waals surface area (Å²) < 4.78 is 6.61. The molecule has 0 bridgehead atoms. The van der Waals surface area contributed by atoms with E-state index in [1.807, 2.05) is 60.0 Å². The zero-order chi connectivity index (χ0) is 21.9. The predicted molar refractivity (Wildman–Crippen MR) is 126 cm³/mol. The zero-order valence-electron chi connectivity index (χ0n) is 16.8. The van der Waals surface area contributed by atoms with Gasteiger partial charge in [0.05, 0.1) is 18.5 Å². The van der Waals surface area contributed by atoms with Crippen molar-refractivity contribution in [3.63, 3.8) is 0 Å². The minimum absolute atomic E-state index is 0.201. The van der Waals surface area contributed by atoms with Crippen LogP contribution in [0.3, 0.4) is 0 Å². The van der Waals surface area contributed by atoms with Gasteiger partial charge in [0.1, 0.15) is 5.75 Å². The molecule has 3 aromatic heterocycles. The average molecular weight is 461 g/mol. The van der Waals surface area contributed by atoms with Gasteiger partial charge in [-0.15, -0.1) is 32.9 Å². The molecule has 0 spiro atoms. The summed E-state index contributed by atoms with van der Waals surface area (Å²) in [6.45, 7) is 0. The molecule has 0 aliphatic rings. The standard InChI is InChI=1S/C22H16N6O2S2/c1-30-16-9-7-14(8-10-16)17-13-32-22(24-17)28-20(29)19(25-26-21-23-11-12-31-21)18(27-28)15-5-3-2-4-6-15/h2-13,27H,1H3. The van der Waals surface area contributed by atoms with Crippen LogP contribution in [-0.2, 0) is 0 Å². The van der Waals surface area contributed by atoms with Crippen molar-refractivity contribution in [2.75, 3.05) is 7.11 Å². The van der Waals surface area contributed by atoms with Crippen LogP contribution < -0.4 is 10.3 Å². The van der Waals surface area contributed by atoms with Gasteiger partial charge in [0, 0.05) is 28.1 Å². The first-order valence-corrected chi connectivity index (χ1v) is 11.3. The van der Waals surface area contributed by atoms with Gasteiger partial charge in [0.15, 0.2) is 5.69 Å². The summed E-state index contributed by atoms with van der Waals surface area (Å²) in [5, 5.41) is 16.2. The summed E-state index contributed by atoms with van der Waals surface area (Å²) in [7, 11) is 1.63. The molecule has 0 saturated carbocycles. The van der Waals surface area contributed by atoms with E-state index in [1.165, 1.54) is 27.4 Å². The van der Waals surface area contributed by atoms with E-state index >= 15 is 0 Å². The van der Waals surface area contributed by atoms with Gasteiger partial charge in [0.25, 0.3) is 0 Å². The third-order valence-electron chi connectivity index (χ3n) is 4.65. The number of methoxy groups -OCH3 is 1. The van der Waals surface area contributed by atoms with E-state index in [9.17, 15) is 4.79 Å². The van der Waals surface area contributed by atoms with Crippen molar-refractivity contribution in [1.29, 1.82) is 0 Å². The van der Waals surface area contributed by atoms with Crippen molar-refractivity contribution < 1.29 is 4.74 Å². The van der Waals surface area contributed by atoms with Gasteiger partial charge in [-0.1, -0.05) is 30.3 Å². The summed E-state index contributed by atoms with van der Waals surface area (Å²) in [5.74, 6) is 0.771. The van der Waals surface area contributed by atoms with Gasteiger partial charge >= 0.3 is 5.56 Å². The fourth-order valence-electron chi connectivity index (χ4n) is 3.08. The minimum Gasteiger partial charge on any atom is -0.497 e. The zero-order valence-corrected chi connectivity index (χ0v) is 18.4. The van der Waals surface area contributed by atoms with Crippen molar-refractivity contribution in [1.82, 2.24) is 19.7 Å². The molecule has 32 heavy (non-hydrogen) atoms. The normalized spacial score (nSPS) is 11.3. The Morgan fingerprint density at radius 3 is 2.53 bits per heavy atom. The first kappa shape index (κ1) is 20.0. The number of hydrogen-bond acceptors (Lipinski definition) is 8. The van der Waals surface area contributed by atoms with Crippen LogP contribution in [0.15, 0.2) is 86.6 Å². The van der Waals surface area contributed by atoms with Crippen molar-refractivity contribution in [3.05, 3.63) is 81.9 Å². The van der Waals surface area contributed by atoms with Crippen molar-refractivity contribution in [2.24, 2.45) is 10.2 Å². The molecule has 158 valence electrons. The Hall–Kier alpha value is -3.89. The lowest BCUT2D eigenvalue weighted by molar-refractivity contribution is 0.415. The summed E-state index contributed by atoms with van der Waals surface area (Å²) in [4.78, 5) is 22.0. The highest BCUT2D eigenvalue weighted by Gasteiger charge is 2.19. The van der Waals surface area contributed by atoms with Crippen LogP contribution in [-0.4, -0.2) is 26.9 Å². The lowest BCUT2D eigenvalue weighted by Gasteiger charge is -2.00. The number of nitrogens with zero attached hydrogens (tertiary/aromatic N) is 5. The number of thiazole rings is 2. The molecule has 2 aromatic carbocycles.